The molecule has 4 nitrogen and oxygen atoms in total. The largest absolute Gasteiger partial charge is 0.343 e. The Morgan fingerprint density at radius 3 is 2.54 bits per heavy atom. The SMILES string of the molecule is Cc1cc2cc(CCC(=O)N3CCC(C)CC3)c(=O)[nH]c2cc1C. The van der Waals surface area contributed by atoms with E-state index in [2.05, 4.69) is 24.9 Å². The van der Waals surface area contributed by atoms with Gasteiger partial charge in [0.2, 0.25) is 5.91 Å². The Kier molecular flexibility index (Phi) is 4.74. The number of carbonyl (C=O) groups excluding carboxylic acids is 1. The lowest BCUT2D eigenvalue weighted by Gasteiger charge is -2.30. The van der Waals surface area contributed by atoms with Gasteiger partial charge in [-0.1, -0.05) is 6.92 Å². The van der Waals surface area contributed by atoms with E-state index in [1.165, 1.54) is 11.1 Å². The second-order valence-corrected chi connectivity index (χ2v) is 7.21. The predicted octanol–water partition coefficient (Wildman–Crippen LogP) is 3.34. The maximum absolute atomic E-state index is 12.4. The fourth-order valence-electron chi connectivity index (χ4n) is 3.37. The number of fused-ring (bicyclic) bond motifs is 1. The number of pyridine rings is 1. The van der Waals surface area contributed by atoms with Crippen molar-refractivity contribution in [2.75, 3.05) is 13.1 Å². The summed E-state index contributed by atoms with van der Waals surface area (Å²) in [6.07, 6.45) is 3.08. The molecule has 1 saturated heterocycles. The number of aryl methyl sites for hydroxylation is 3. The molecule has 1 fully saturated rings. The molecular weight excluding hydrogens is 300 g/mol. The molecule has 1 aliphatic heterocycles. The Bertz CT molecular complexity index is 814. The van der Waals surface area contributed by atoms with Gasteiger partial charge in [-0.2, -0.15) is 0 Å². The number of amides is 1. The summed E-state index contributed by atoms with van der Waals surface area (Å²) < 4.78 is 0. The fraction of sp³-hybridized carbons (Fsp3) is 0.500. The summed E-state index contributed by atoms with van der Waals surface area (Å²) in [5.41, 5.74) is 3.86. The van der Waals surface area contributed by atoms with Crippen LogP contribution in [0.4, 0.5) is 0 Å². The number of nitrogens with zero attached hydrogens (tertiary/aromatic N) is 1. The molecule has 0 saturated carbocycles. The van der Waals surface area contributed by atoms with Crippen molar-refractivity contribution < 1.29 is 4.79 Å². The zero-order valence-electron chi connectivity index (χ0n) is 14.8. The predicted molar refractivity (Wildman–Crippen MR) is 97.3 cm³/mol. The van der Waals surface area contributed by atoms with Gasteiger partial charge in [0.1, 0.15) is 0 Å². The van der Waals surface area contributed by atoms with Crippen molar-refractivity contribution >= 4 is 16.8 Å². The number of rotatable bonds is 3. The molecule has 1 aliphatic rings. The van der Waals surface area contributed by atoms with Gasteiger partial charge < -0.3 is 9.88 Å². The third-order valence-corrected chi connectivity index (χ3v) is 5.28. The molecule has 1 N–H and O–H groups in total. The number of hydrogen-bond donors (Lipinski definition) is 1. The van der Waals surface area contributed by atoms with Gasteiger partial charge in [-0.05, 0) is 73.7 Å². The highest BCUT2D eigenvalue weighted by molar-refractivity contribution is 5.81. The third kappa shape index (κ3) is 3.53. The molecule has 0 atom stereocenters. The van der Waals surface area contributed by atoms with Crippen LogP contribution in [-0.4, -0.2) is 28.9 Å². The summed E-state index contributed by atoms with van der Waals surface area (Å²) in [7, 11) is 0. The first-order valence-electron chi connectivity index (χ1n) is 8.85. The molecule has 4 heteroatoms. The second kappa shape index (κ2) is 6.80. The smallest absolute Gasteiger partial charge is 0.251 e. The fourth-order valence-corrected chi connectivity index (χ4v) is 3.37. The van der Waals surface area contributed by atoms with Crippen LogP contribution in [0, 0.1) is 19.8 Å². The molecule has 1 aromatic heterocycles. The van der Waals surface area contributed by atoms with E-state index in [0.29, 0.717) is 24.3 Å². The van der Waals surface area contributed by atoms with Crippen LogP contribution in [0.1, 0.15) is 42.9 Å². The number of aromatic amines is 1. The first-order valence-corrected chi connectivity index (χ1v) is 8.85. The van der Waals surface area contributed by atoms with Crippen LogP contribution >= 0.6 is 0 Å². The van der Waals surface area contributed by atoms with Crippen LogP contribution in [0.25, 0.3) is 10.9 Å². The van der Waals surface area contributed by atoms with Gasteiger partial charge in [0.05, 0.1) is 0 Å². The maximum Gasteiger partial charge on any atom is 0.251 e. The van der Waals surface area contributed by atoms with Gasteiger partial charge >= 0.3 is 0 Å². The molecule has 128 valence electrons. The number of hydrogen-bond acceptors (Lipinski definition) is 2. The zero-order chi connectivity index (χ0) is 17.3. The van der Waals surface area contributed by atoms with Crippen molar-refractivity contribution in [1.29, 1.82) is 0 Å². The van der Waals surface area contributed by atoms with E-state index in [1.54, 1.807) is 0 Å². The Morgan fingerprint density at radius 2 is 1.83 bits per heavy atom. The number of likely N-dealkylation sites (tertiary alicyclic amines) is 1. The lowest BCUT2D eigenvalue weighted by atomic mass is 9.98. The van der Waals surface area contributed by atoms with Crippen molar-refractivity contribution in [3.05, 3.63) is 45.2 Å². The number of nitrogens with one attached hydrogen (secondary N) is 1. The number of carbonyl (C=O) groups is 1. The minimum absolute atomic E-state index is 0.0779. The van der Waals surface area contributed by atoms with E-state index in [1.807, 2.05) is 24.0 Å². The molecule has 0 unspecified atom stereocenters. The van der Waals surface area contributed by atoms with Gasteiger partial charge in [-0.3, -0.25) is 9.59 Å². The first kappa shape index (κ1) is 16.7. The Hall–Kier alpha value is -2.10. The van der Waals surface area contributed by atoms with Crippen molar-refractivity contribution in [1.82, 2.24) is 9.88 Å². The van der Waals surface area contributed by atoms with Crippen molar-refractivity contribution in [3.8, 4) is 0 Å². The standard InChI is InChI=1S/C20H26N2O2/c1-13-6-8-22(9-7-13)19(23)5-4-16-12-17-10-14(2)15(3)11-18(17)21-20(16)24/h10-13H,4-9H2,1-3H3,(H,21,24). The summed E-state index contributed by atoms with van der Waals surface area (Å²) in [6, 6.07) is 6.04. The van der Waals surface area contributed by atoms with E-state index in [9.17, 15) is 9.59 Å². The highest BCUT2D eigenvalue weighted by Crippen LogP contribution is 2.19. The average Bonchev–Trinajstić information content (AvgIpc) is 2.55. The Morgan fingerprint density at radius 1 is 1.17 bits per heavy atom. The quantitative estimate of drug-likeness (QED) is 0.940. The van der Waals surface area contributed by atoms with Gasteiger partial charge in [0, 0.05) is 30.6 Å². The lowest BCUT2D eigenvalue weighted by Crippen LogP contribution is -2.38. The van der Waals surface area contributed by atoms with E-state index in [-0.39, 0.29) is 11.5 Å². The molecule has 3 rings (SSSR count). The molecule has 24 heavy (non-hydrogen) atoms. The van der Waals surface area contributed by atoms with Crippen LogP contribution in [0.5, 0.6) is 0 Å². The van der Waals surface area contributed by atoms with Crippen LogP contribution in [0.15, 0.2) is 23.0 Å². The van der Waals surface area contributed by atoms with Crippen LogP contribution in [0.3, 0.4) is 0 Å². The van der Waals surface area contributed by atoms with Gasteiger partial charge in [0.15, 0.2) is 0 Å². The number of aromatic nitrogens is 1. The van der Waals surface area contributed by atoms with Gasteiger partial charge in [-0.15, -0.1) is 0 Å². The molecular formula is C20H26N2O2. The van der Waals surface area contributed by atoms with Crippen LogP contribution in [-0.2, 0) is 11.2 Å². The van der Waals surface area contributed by atoms with Crippen molar-refractivity contribution in [2.45, 2.75) is 46.5 Å². The molecule has 1 aromatic carbocycles. The molecule has 2 heterocycles. The monoisotopic (exact) mass is 326 g/mol. The Labute approximate surface area is 142 Å². The zero-order valence-corrected chi connectivity index (χ0v) is 14.8. The normalized spacial score (nSPS) is 15.9. The Balaban J connectivity index is 1.73. The summed E-state index contributed by atoms with van der Waals surface area (Å²) >= 11 is 0. The number of benzene rings is 1. The summed E-state index contributed by atoms with van der Waals surface area (Å²) in [6.45, 7) is 8.05. The summed E-state index contributed by atoms with van der Waals surface area (Å²) in [5.74, 6) is 0.880. The topological polar surface area (TPSA) is 53.2 Å². The number of piperidine rings is 1. The van der Waals surface area contributed by atoms with Crippen molar-refractivity contribution in [2.24, 2.45) is 5.92 Å². The third-order valence-electron chi connectivity index (χ3n) is 5.28. The molecule has 0 spiro atoms. The van der Waals surface area contributed by atoms with Gasteiger partial charge in [0.25, 0.3) is 5.56 Å². The summed E-state index contributed by atoms with van der Waals surface area (Å²) in [4.78, 5) is 29.5. The van der Waals surface area contributed by atoms with Gasteiger partial charge in [-0.25, -0.2) is 0 Å². The number of H-pyrrole nitrogens is 1. The maximum atomic E-state index is 12.4. The molecule has 2 aromatic rings. The average molecular weight is 326 g/mol. The van der Waals surface area contributed by atoms with E-state index < -0.39 is 0 Å². The second-order valence-electron chi connectivity index (χ2n) is 7.21. The first-order chi connectivity index (χ1) is 11.4. The highest BCUT2D eigenvalue weighted by atomic mass is 16.2. The van der Waals surface area contributed by atoms with E-state index >= 15 is 0 Å². The minimum atomic E-state index is -0.0779. The molecule has 0 radical (unpaired) electrons. The molecule has 0 aliphatic carbocycles. The molecule has 1 amide bonds. The lowest BCUT2D eigenvalue weighted by molar-refractivity contribution is -0.132. The highest BCUT2D eigenvalue weighted by Gasteiger charge is 2.20. The van der Waals surface area contributed by atoms with Crippen molar-refractivity contribution in [3.63, 3.8) is 0 Å². The summed E-state index contributed by atoms with van der Waals surface area (Å²) in [5, 5.41) is 1.03. The van der Waals surface area contributed by atoms with E-state index in [4.69, 9.17) is 0 Å². The molecule has 0 bridgehead atoms. The van der Waals surface area contributed by atoms with E-state index in [0.717, 1.165) is 36.8 Å². The van der Waals surface area contributed by atoms with Crippen LogP contribution < -0.4 is 5.56 Å². The minimum Gasteiger partial charge on any atom is -0.343 e. The van der Waals surface area contributed by atoms with Crippen LogP contribution in [0.2, 0.25) is 0 Å².